The van der Waals surface area contributed by atoms with Crippen LogP contribution >= 0.6 is 11.6 Å². The highest BCUT2D eigenvalue weighted by molar-refractivity contribution is 6.22. The summed E-state index contributed by atoms with van der Waals surface area (Å²) in [6.45, 7) is 3.41. The van der Waals surface area contributed by atoms with Gasteiger partial charge in [-0.3, -0.25) is 0 Å². The molecule has 0 fully saturated rings. The van der Waals surface area contributed by atoms with Crippen molar-refractivity contribution < 1.29 is 13.2 Å². The lowest BCUT2D eigenvalue weighted by atomic mass is 10.1. The van der Waals surface area contributed by atoms with Crippen LogP contribution in [0.25, 0.3) is 6.08 Å². The Morgan fingerprint density at radius 2 is 1.73 bits per heavy atom. The van der Waals surface area contributed by atoms with Crippen LogP contribution in [0.1, 0.15) is 19.4 Å². The lowest BCUT2D eigenvalue weighted by molar-refractivity contribution is 0.494. The van der Waals surface area contributed by atoms with E-state index >= 15 is 0 Å². The summed E-state index contributed by atoms with van der Waals surface area (Å²) in [6.07, 6.45) is 1.40. The fraction of sp³-hybridized carbons (Fsp3) is 0.273. The molecule has 0 aromatic heterocycles. The second-order valence-corrected chi connectivity index (χ2v) is 3.95. The minimum absolute atomic E-state index is 0.00102. The molecule has 0 N–H and O–H groups in total. The zero-order chi connectivity index (χ0) is 11.6. The minimum atomic E-state index is -1.19. The van der Waals surface area contributed by atoms with Gasteiger partial charge in [-0.25, -0.2) is 13.2 Å². The van der Waals surface area contributed by atoms with Crippen LogP contribution in [0.15, 0.2) is 17.7 Å². The molecule has 1 aromatic rings. The third-order valence-electron chi connectivity index (χ3n) is 2.05. The van der Waals surface area contributed by atoms with Crippen molar-refractivity contribution in [2.24, 2.45) is 0 Å². The van der Waals surface area contributed by atoms with Crippen LogP contribution in [0.5, 0.6) is 0 Å². The van der Waals surface area contributed by atoms with Crippen LogP contribution in [0, 0.1) is 17.5 Å². The Morgan fingerprint density at radius 1 is 1.20 bits per heavy atom. The number of hydrogen-bond acceptors (Lipinski definition) is 0. The second kappa shape index (κ2) is 4.71. The molecule has 1 unspecified atom stereocenters. The van der Waals surface area contributed by atoms with Gasteiger partial charge in [0.1, 0.15) is 5.82 Å². The van der Waals surface area contributed by atoms with Gasteiger partial charge >= 0.3 is 0 Å². The molecule has 0 aliphatic heterocycles. The van der Waals surface area contributed by atoms with E-state index in [-0.39, 0.29) is 10.9 Å². The fourth-order valence-corrected chi connectivity index (χ4v) is 1.07. The van der Waals surface area contributed by atoms with Gasteiger partial charge in [0.25, 0.3) is 0 Å². The van der Waals surface area contributed by atoms with E-state index in [2.05, 4.69) is 0 Å². The molecule has 1 aromatic carbocycles. The Labute approximate surface area is 91.4 Å². The monoisotopic (exact) mass is 234 g/mol. The summed E-state index contributed by atoms with van der Waals surface area (Å²) >= 11 is 5.74. The second-order valence-electron chi connectivity index (χ2n) is 3.29. The number of alkyl halides is 1. The zero-order valence-corrected chi connectivity index (χ0v) is 9.08. The molecule has 0 radical (unpaired) electrons. The molecule has 0 amide bonds. The summed E-state index contributed by atoms with van der Waals surface area (Å²) in [7, 11) is 0. The molecule has 0 nitrogen and oxygen atoms in total. The van der Waals surface area contributed by atoms with Gasteiger partial charge in [-0.1, -0.05) is 11.6 Å². The van der Waals surface area contributed by atoms with Crippen molar-refractivity contribution in [1.82, 2.24) is 0 Å². The number of allylic oxidation sites excluding steroid dienone is 1. The third-order valence-corrected chi connectivity index (χ3v) is 2.39. The number of rotatable bonds is 2. The van der Waals surface area contributed by atoms with Crippen molar-refractivity contribution in [3.05, 3.63) is 40.7 Å². The van der Waals surface area contributed by atoms with Crippen molar-refractivity contribution in [2.75, 3.05) is 0 Å². The van der Waals surface area contributed by atoms with E-state index in [1.807, 2.05) is 0 Å². The summed E-state index contributed by atoms with van der Waals surface area (Å²) in [4.78, 5) is 0. The van der Waals surface area contributed by atoms with E-state index in [0.717, 1.165) is 6.07 Å². The van der Waals surface area contributed by atoms with Crippen LogP contribution in [-0.2, 0) is 0 Å². The van der Waals surface area contributed by atoms with Gasteiger partial charge in [0.05, 0.1) is 5.38 Å². The van der Waals surface area contributed by atoms with E-state index in [0.29, 0.717) is 11.6 Å². The van der Waals surface area contributed by atoms with Gasteiger partial charge in [0, 0.05) is 11.6 Å². The number of hydrogen-bond donors (Lipinski definition) is 0. The van der Waals surface area contributed by atoms with Crippen molar-refractivity contribution in [1.29, 1.82) is 0 Å². The van der Waals surface area contributed by atoms with E-state index in [1.165, 1.54) is 6.08 Å². The molecule has 15 heavy (non-hydrogen) atoms. The smallest absolute Gasteiger partial charge is 0.161 e. The van der Waals surface area contributed by atoms with Gasteiger partial charge in [0.2, 0.25) is 0 Å². The van der Waals surface area contributed by atoms with Crippen molar-refractivity contribution in [3.8, 4) is 0 Å². The van der Waals surface area contributed by atoms with Crippen LogP contribution in [0.2, 0.25) is 0 Å². The van der Waals surface area contributed by atoms with Gasteiger partial charge in [0.15, 0.2) is 11.6 Å². The number of halogens is 4. The van der Waals surface area contributed by atoms with E-state index in [1.54, 1.807) is 13.8 Å². The molecule has 0 saturated carbocycles. The van der Waals surface area contributed by atoms with Crippen molar-refractivity contribution in [3.63, 3.8) is 0 Å². The fourth-order valence-electron chi connectivity index (χ4n) is 1.01. The predicted octanol–water partition coefficient (Wildman–Crippen LogP) is 4.13. The number of benzene rings is 1. The molecule has 1 atom stereocenters. The molecule has 0 saturated heterocycles. The molecule has 1 rings (SSSR count). The van der Waals surface area contributed by atoms with Gasteiger partial charge in [-0.2, -0.15) is 0 Å². The van der Waals surface area contributed by atoms with Crippen LogP contribution in [-0.4, -0.2) is 5.38 Å². The summed E-state index contributed by atoms with van der Waals surface area (Å²) in [5.74, 6) is -3.07. The highest BCUT2D eigenvalue weighted by Crippen LogP contribution is 2.19. The van der Waals surface area contributed by atoms with E-state index in [4.69, 9.17) is 11.6 Å². The normalized spacial score (nSPS) is 14.1. The molecule has 4 heteroatoms. The zero-order valence-electron chi connectivity index (χ0n) is 8.32. The summed E-state index contributed by atoms with van der Waals surface area (Å²) in [5, 5.41) is -0.280. The highest BCUT2D eigenvalue weighted by Gasteiger charge is 2.09. The lowest BCUT2D eigenvalue weighted by Crippen LogP contribution is -1.95. The lowest BCUT2D eigenvalue weighted by Gasteiger charge is -2.04. The molecular weight excluding hydrogens is 225 g/mol. The summed E-state index contributed by atoms with van der Waals surface area (Å²) in [6, 6.07) is 1.33. The Bertz CT molecular complexity index is 397. The van der Waals surface area contributed by atoms with Crippen LogP contribution < -0.4 is 0 Å². The highest BCUT2D eigenvalue weighted by atomic mass is 35.5. The first-order valence-electron chi connectivity index (χ1n) is 4.38. The first-order valence-corrected chi connectivity index (χ1v) is 4.82. The molecule has 0 aliphatic rings. The summed E-state index contributed by atoms with van der Waals surface area (Å²) < 4.78 is 38.6. The molecule has 0 aliphatic carbocycles. The topological polar surface area (TPSA) is 0 Å². The molecule has 0 spiro atoms. The Hall–Kier alpha value is -0.960. The van der Waals surface area contributed by atoms with Gasteiger partial charge in [-0.05, 0) is 19.9 Å². The van der Waals surface area contributed by atoms with Crippen molar-refractivity contribution in [2.45, 2.75) is 19.2 Å². The molecule has 0 bridgehead atoms. The minimum Gasteiger partial charge on any atom is -0.206 e. The SMILES string of the molecule is C/C(=C\c1cc(F)c(F)cc1F)C(C)Cl. The average Bonchev–Trinajstić information content (AvgIpc) is 2.13. The maximum absolute atomic E-state index is 13.2. The van der Waals surface area contributed by atoms with E-state index in [9.17, 15) is 13.2 Å². The Balaban J connectivity index is 3.16. The van der Waals surface area contributed by atoms with Crippen LogP contribution in [0.3, 0.4) is 0 Å². The van der Waals surface area contributed by atoms with Gasteiger partial charge < -0.3 is 0 Å². The maximum atomic E-state index is 13.2. The first-order chi connectivity index (χ1) is 6.91. The third kappa shape index (κ3) is 2.99. The predicted molar refractivity (Wildman–Crippen MR) is 55.3 cm³/mol. The largest absolute Gasteiger partial charge is 0.206 e. The Morgan fingerprint density at radius 3 is 2.27 bits per heavy atom. The summed E-state index contributed by atoms with van der Waals surface area (Å²) in [5.41, 5.74) is 0.681. The Kier molecular flexibility index (Phi) is 3.80. The molecule has 0 heterocycles. The maximum Gasteiger partial charge on any atom is 0.161 e. The van der Waals surface area contributed by atoms with Crippen molar-refractivity contribution >= 4 is 17.7 Å². The van der Waals surface area contributed by atoms with E-state index < -0.39 is 17.5 Å². The average molecular weight is 235 g/mol. The standard InChI is InChI=1S/C11H10ClF3/c1-6(7(2)12)3-8-4-10(14)11(15)5-9(8)13/h3-5,7H,1-2H3/b6-3+. The van der Waals surface area contributed by atoms with Gasteiger partial charge in [-0.15, -0.1) is 11.6 Å². The first kappa shape index (κ1) is 12.1. The molecular formula is C11H10ClF3. The molecule has 82 valence electrons. The van der Waals surface area contributed by atoms with Crippen LogP contribution in [0.4, 0.5) is 13.2 Å². The quantitative estimate of drug-likeness (QED) is 0.533.